The summed E-state index contributed by atoms with van der Waals surface area (Å²) in [5, 5.41) is 7.80. The number of hydrogen-bond donors (Lipinski definition) is 1. The second-order valence-electron chi connectivity index (χ2n) is 4.74. The van der Waals surface area contributed by atoms with Crippen molar-refractivity contribution >= 4 is 16.9 Å². The topological polar surface area (TPSA) is 68.5 Å². The molecule has 0 aromatic carbocycles. The molecule has 0 aliphatic heterocycles. The number of rotatable bonds is 3. The highest BCUT2D eigenvalue weighted by Crippen LogP contribution is 2.21. The molecule has 3 aromatic heterocycles. The zero-order valence-electron chi connectivity index (χ0n) is 11.8. The van der Waals surface area contributed by atoms with Gasteiger partial charge in [0.25, 0.3) is 0 Å². The van der Waals surface area contributed by atoms with E-state index in [2.05, 4.69) is 25.4 Å². The van der Waals surface area contributed by atoms with E-state index in [4.69, 9.17) is 0 Å². The second-order valence-corrected chi connectivity index (χ2v) is 4.74. The lowest BCUT2D eigenvalue weighted by Gasteiger charge is -2.06. The maximum atomic E-state index is 4.48. The number of aryl methyl sites for hydroxylation is 3. The first-order valence-corrected chi connectivity index (χ1v) is 6.46. The third kappa shape index (κ3) is 2.20. The summed E-state index contributed by atoms with van der Waals surface area (Å²) in [5.41, 5.74) is 3.84. The van der Waals surface area contributed by atoms with E-state index in [1.54, 1.807) is 6.20 Å². The monoisotopic (exact) mass is 268 g/mol. The van der Waals surface area contributed by atoms with Crippen molar-refractivity contribution in [3.63, 3.8) is 0 Å². The highest BCUT2D eigenvalue weighted by molar-refractivity contribution is 5.87. The number of hydrogen-bond acceptors (Lipinski definition) is 5. The fourth-order valence-corrected chi connectivity index (χ4v) is 2.10. The summed E-state index contributed by atoms with van der Waals surface area (Å²) in [6.45, 7) is 4.56. The normalized spacial score (nSPS) is 10.9. The second kappa shape index (κ2) is 4.88. The van der Waals surface area contributed by atoms with Crippen LogP contribution in [0.25, 0.3) is 11.0 Å². The lowest BCUT2D eigenvalue weighted by atomic mass is 10.3. The molecule has 0 radical (unpaired) electrons. The van der Waals surface area contributed by atoms with E-state index in [1.807, 2.05) is 43.9 Å². The summed E-state index contributed by atoms with van der Waals surface area (Å²) in [6, 6.07) is 3.94. The van der Waals surface area contributed by atoms with Crippen molar-refractivity contribution < 1.29 is 0 Å². The minimum Gasteiger partial charge on any atom is -0.364 e. The number of fused-ring (bicyclic) bond motifs is 1. The molecule has 0 amide bonds. The minimum atomic E-state index is 0.662. The van der Waals surface area contributed by atoms with Crippen LogP contribution in [-0.2, 0) is 13.6 Å². The molecule has 20 heavy (non-hydrogen) atoms. The molecule has 0 spiro atoms. The standard InChI is InChI=1S/C14H16N6/c1-9-12-13(19-20(9)3)14(18-10(2)17-12)16-8-11-5-4-6-15-7-11/h4-7H,8H2,1-3H3,(H,16,17,18). The smallest absolute Gasteiger partial charge is 0.158 e. The van der Waals surface area contributed by atoms with E-state index in [0.717, 1.165) is 33.9 Å². The Morgan fingerprint density at radius 2 is 2.05 bits per heavy atom. The molecule has 1 N–H and O–H groups in total. The molecule has 0 saturated carbocycles. The molecule has 0 fully saturated rings. The van der Waals surface area contributed by atoms with Gasteiger partial charge in [-0.15, -0.1) is 0 Å². The van der Waals surface area contributed by atoms with Gasteiger partial charge in [0.2, 0.25) is 0 Å². The Hall–Kier alpha value is -2.50. The highest BCUT2D eigenvalue weighted by atomic mass is 15.3. The van der Waals surface area contributed by atoms with Gasteiger partial charge < -0.3 is 5.32 Å². The molecule has 0 bridgehead atoms. The van der Waals surface area contributed by atoms with Gasteiger partial charge in [-0.2, -0.15) is 5.10 Å². The molecule has 6 heteroatoms. The van der Waals surface area contributed by atoms with Gasteiger partial charge in [0, 0.05) is 26.0 Å². The molecule has 3 rings (SSSR count). The summed E-state index contributed by atoms with van der Waals surface area (Å²) < 4.78 is 1.83. The van der Waals surface area contributed by atoms with Crippen LogP contribution in [-0.4, -0.2) is 24.7 Å². The Kier molecular flexibility index (Phi) is 3.06. The number of anilines is 1. The van der Waals surface area contributed by atoms with Crippen LogP contribution in [0, 0.1) is 13.8 Å². The fraction of sp³-hybridized carbons (Fsp3) is 0.286. The molecule has 0 aliphatic rings. The zero-order chi connectivity index (χ0) is 14.1. The van der Waals surface area contributed by atoms with Gasteiger partial charge in [-0.1, -0.05) is 6.07 Å². The molecule has 3 aromatic rings. The van der Waals surface area contributed by atoms with Crippen LogP contribution in [0.1, 0.15) is 17.1 Å². The molecular weight excluding hydrogens is 252 g/mol. The third-order valence-corrected chi connectivity index (χ3v) is 3.26. The Bertz CT molecular complexity index is 747. The Labute approximate surface area is 116 Å². The minimum absolute atomic E-state index is 0.662. The van der Waals surface area contributed by atoms with Gasteiger partial charge >= 0.3 is 0 Å². The Balaban J connectivity index is 1.97. The van der Waals surface area contributed by atoms with Crippen LogP contribution < -0.4 is 5.32 Å². The van der Waals surface area contributed by atoms with E-state index in [-0.39, 0.29) is 0 Å². The molecule has 0 unspecified atom stereocenters. The van der Waals surface area contributed by atoms with Crippen molar-refractivity contribution in [3.05, 3.63) is 41.6 Å². The molecule has 3 heterocycles. The Morgan fingerprint density at radius 1 is 1.20 bits per heavy atom. The maximum Gasteiger partial charge on any atom is 0.158 e. The van der Waals surface area contributed by atoms with E-state index < -0.39 is 0 Å². The van der Waals surface area contributed by atoms with Gasteiger partial charge in [-0.05, 0) is 25.5 Å². The molecular formula is C14H16N6. The van der Waals surface area contributed by atoms with E-state index in [9.17, 15) is 0 Å². The summed E-state index contributed by atoms with van der Waals surface area (Å²) in [7, 11) is 1.91. The third-order valence-electron chi connectivity index (χ3n) is 3.26. The molecule has 0 saturated heterocycles. The SMILES string of the molecule is Cc1nc(NCc2cccnc2)c2nn(C)c(C)c2n1. The maximum absolute atomic E-state index is 4.48. The van der Waals surface area contributed by atoms with E-state index >= 15 is 0 Å². The lowest BCUT2D eigenvalue weighted by molar-refractivity contribution is 0.750. The first kappa shape index (κ1) is 12.5. The molecule has 0 atom stereocenters. The first-order chi connectivity index (χ1) is 9.65. The van der Waals surface area contributed by atoms with Crippen LogP contribution in [0.4, 0.5) is 5.82 Å². The van der Waals surface area contributed by atoms with Crippen LogP contribution in [0.2, 0.25) is 0 Å². The van der Waals surface area contributed by atoms with Crippen LogP contribution in [0.5, 0.6) is 0 Å². The van der Waals surface area contributed by atoms with Crippen molar-refractivity contribution in [2.75, 3.05) is 5.32 Å². The summed E-state index contributed by atoms with van der Waals surface area (Å²) in [6.07, 6.45) is 3.60. The quantitative estimate of drug-likeness (QED) is 0.786. The van der Waals surface area contributed by atoms with E-state index in [1.165, 1.54) is 0 Å². The average Bonchev–Trinajstić information content (AvgIpc) is 2.74. The molecule has 0 aliphatic carbocycles. The summed E-state index contributed by atoms with van der Waals surface area (Å²) >= 11 is 0. The van der Waals surface area contributed by atoms with Gasteiger partial charge in [0.1, 0.15) is 11.3 Å². The lowest BCUT2D eigenvalue weighted by Crippen LogP contribution is -2.04. The molecule has 6 nitrogen and oxygen atoms in total. The number of aromatic nitrogens is 5. The average molecular weight is 268 g/mol. The summed E-state index contributed by atoms with van der Waals surface area (Å²) in [5.74, 6) is 1.50. The van der Waals surface area contributed by atoms with Gasteiger partial charge in [0.15, 0.2) is 11.3 Å². The Morgan fingerprint density at radius 3 is 2.80 bits per heavy atom. The summed E-state index contributed by atoms with van der Waals surface area (Å²) in [4.78, 5) is 13.0. The molecule has 102 valence electrons. The number of pyridine rings is 1. The van der Waals surface area contributed by atoms with Gasteiger partial charge in [-0.3, -0.25) is 9.67 Å². The van der Waals surface area contributed by atoms with Crippen molar-refractivity contribution in [1.29, 1.82) is 0 Å². The predicted octanol–water partition coefficient (Wildman–Crippen LogP) is 1.99. The zero-order valence-corrected chi connectivity index (χ0v) is 11.8. The number of nitrogens with one attached hydrogen (secondary N) is 1. The van der Waals surface area contributed by atoms with Crippen molar-refractivity contribution in [1.82, 2.24) is 24.7 Å². The predicted molar refractivity (Wildman–Crippen MR) is 77.3 cm³/mol. The van der Waals surface area contributed by atoms with Crippen LogP contribution in [0.3, 0.4) is 0 Å². The fourth-order valence-electron chi connectivity index (χ4n) is 2.10. The van der Waals surface area contributed by atoms with Gasteiger partial charge in [-0.25, -0.2) is 9.97 Å². The van der Waals surface area contributed by atoms with E-state index in [0.29, 0.717) is 6.54 Å². The van der Waals surface area contributed by atoms with Crippen molar-refractivity contribution in [2.45, 2.75) is 20.4 Å². The highest BCUT2D eigenvalue weighted by Gasteiger charge is 2.13. The van der Waals surface area contributed by atoms with Crippen LogP contribution in [0.15, 0.2) is 24.5 Å². The largest absolute Gasteiger partial charge is 0.364 e. The van der Waals surface area contributed by atoms with Crippen molar-refractivity contribution in [3.8, 4) is 0 Å². The first-order valence-electron chi connectivity index (χ1n) is 6.46. The van der Waals surface area contributed by atoms with Crippen molar-refractivity contribution in [2.24, 2.45) is 7.05 Å². The van der Waals surface area contributed by atoms with Crippen LogP contribution >= 0.6 is 0 Å². The van der Waals surface area contributed by atoms with Gasteiger partial charge in [0.05, 0.1) is 5.69 Å². The number of nitrogens with zero attached hydrogens (tertiary/aromatic N) is 5.